The molecular weight excluding hydrogens is 268 g/mol. The van der Waals surface area contributed by atoms with E-state index in [0.717, 1.165) is 22.4 Å². The van der Waals surface area contributed by atoms with E-state index in [-0.39, 0.29) is 12.6 Å². The molecule has 2 amide bonds. The number of hydrogen-bond donors (Lipinski definition) is 2. The number of rotatable bonds is 5. The molecule has 0 saturated carbocycles. The molecule has 1 aromatic carbocycles. The summed E-state index contributed by atoms with van der Waals surface area (Å²) in [4.78, 5) is 24.7. The van der Waals surface area contributed by atoms with Crippen LogP contribution in [0.15, 0.2) is 12.1 Å². The molecule has 2 N–H and O–H groups in total. The van der Waals surface area contributed by atoms with Crippen LogP contribution in [0.5, 0.6) is 0 Å². The molecule has 1 aromatic rings. The Labute approximate surface area is 126 Å². The third-order valence-corrected chi connectivity index (χ3v) is 3.49. The van der Waals surface area contributed by atoms with Gasteiger partial charge in [0.1, 0.15) is 0 Å². The summed E-state index contributed by atoms with van der Waals surface area (Å²) in [6.07, 6.45) is 0. The number of nitrogens with zero attached hydrogens (tertiary/aromatic N) is 1. The van der Waals surface area contributed by atoms with Crippen molar-refractivity contribution in [3.8, 4) is 0 Å². The van der Waals surface area contributed by atoms with Gasteiger partial charge < -0.3 is 15.3 Å². The van der Waals surface area contributed by atoms with E-state index in [1.165, 1.54) is 4.90 Å². The smallest absolute Gasteiger partial charge is 0.321 e. The van der Waals surface area contributed by atoms with Crippen molar-refractivity contribution < 1.29 is 14.7 Å². The summed E-state index contributed by atoms with van der Waals surface area (Å²) in [7, 11) is 0. The molecule has 0 aromatic heterocycles. The molecule has 0 radical (unpaired) electrons. The van der Waals surface area contributed by atoms with Crippen LogP contribution in [0.2, 0.25) is 0 Å². The highest BCUT2D eigenvalue weighted by Crippen LogP contribution is 2.22. The van der Waals surface area contributed by atoms with Gasteiger partial charge in [-0.3, -0.25) is 4.79 Å². The largest absolute Gasteiger partial charge is 0.481 e. The highest BCUT2D eigenvalue weighted by Gasteiger charge is 2.20. The van der Waals surface area contributed by atoms with Gasteiger partial charge in [0, 0.05) is 18.8 Å². The van der Waals surface area contributed by atoms with Crippen molar-refractivity contribution in [2.75, 3.05) is 18.4 Å². The number of hydrogen-bond acceptors (Lipinski definition) is 2. The molecule has 5 heteroatoms. The summed E-state index contributed by atoms with van der Waals surface area (Å²) in [6, 6.07) is 3.76. The Balaban J connectivity index is 2.86. The number of urea groups is 1. The van der Waals surface area contributed by atoms with Crippen molar-refractivity contribution >= 4 is 17.7 Å². The lowest BCUT2D eigenvalue weighted by atomic mass is 10.1. The maximum absolute atomic E-state index is 12.3. The summed E-state index contributed by atoms with van der Waals surface area (Å²) in [5.41, 5.74) is 3.95. The van der Waals surface area contributed by atoms with Crippen molar-refractivity contribution in [2.24, 2.45) is 5.92 Å². The standard InChI is InChI=1S/C16H24N2O3/c1-6-18(9-13(5)15(19)20)16(21)17-14-11(3)7-10(2)8-12(14)4/h7-8,13H,6,9H2,1-5H3,(H,17,21)(H,19,20). The van der Waals surface area contributed by atoms with E-state index in [2.05, 4.69) is 5.32 Å². The zero-order chi connectivity index (χ0) is 16.2. The Bertz CT molecular complexity index is 517. The van der Waals surface area contributed by atoms with Crippen LogP contribution >= 0.6 is 0 Å². The fourth-order valence-electron chi connectivity index (χ4n) is 2.33. The van der Waals surface area contributed by atoms with Gasteiger partial charge in [-0.25, -0.2) is 4.79 Å². The maximum atomic E-state index is 12.3. The molecule has 0 spiro atoms. The van der Waals surface area contributed by atoms with Gasteiger partial charge in [-0.05, 0) is 38.8 Å². The van der Waals surface area contributed by atoms with E-state index in [0.29, 0.717) is 6.54 Å². The quantitative estimate of drug-likeness (QED) is 0.875. The summed E-state index contributed by atoms with van der Waals surface area (Å²) in [5.74, 6) is -1.49. The molecule has 1 unspecified atom stereocenters. The van der Waals surface area contributed by atoms with Gasteiger partial charge in [0.15, 0.2) is 0 Å². The zero-order valence-electron chi connectivity index (χ0n) is 13.4. The average molecular weight is 292 g/mol. The molecule has 0 aliphatic carbocycles. The van der Waals surface area contributed by atoms with Crippen molar-refractivity contribution in [1.82, 2.24) is 4.90 Å². The predicted molar refractivity (Wildman–Crippen MR) is 83.7 cm³/mol. The Kier molecular flexibility index (Phi) is 5.76. The first-order valence-electron chi connectivity index (χ1n) is 7.12. The van der Waals surface area contributed by atoms with E-state index in [4.69, 9.17) is 5.11 Å². The Morgan fingerprint density at radius 2 is 1.76 bits per heavy atom. The Morgan fingerprint density at radius 3 is 2.19 bits per heavy atom. The number of anilines is 1. The minimum Gasteiger partial charge on any atom is -0.481 e. The third-order valence-electron chi connectivity index (χ3n) is 3.49. The number of carbonyl (C=O) groups excluding carboxylic acids is 1. The first-order valence-corrected chi connectivity index (χ1v) is 7.12. The normalized spacial score (nSPS) is 11.9. The summed E-state index contributed by atoms with van der Waals surface area (Å²) in [5, 5.41) is 11.9. The Hall–Kier alpha value is -2.04. The van der Waals surface area contributed by atoms with Crippen LogP contribution in [0, 0.1) is 26.7 Å². The van der Waals surface area contributed by atoms with Gasteiger partial charge in [-0.2, -0.15) is 0 Å². The molecular formula is C16H24N2O3. The minimum absolute atomic E-state index is 0.196. The SMILES string of the molecule is CCN(CC(C)C(=O)O)C(=O)Nc1c(C)cc(C)cc1C. The highest BCUT2D eigenvalue weighted by molar-refractivity contribution is 5.91. The number of carbonyl (C=O) groups is 2. The molecule has 0 aliphatic heterocycles. The molecule has 0 heterocycles. The number of aliphatic carboxylic acids is 1. The molecule has 0 fully saturated rings. The van der Waals surface area contributed by atoms with E-state index in [1.54, 1.807) is 6.92 Å². The molecule has 0 bridgehead atoms. The number of carboxylic acid groups (broad SMARTS) is 1. The second-order valence-corrected chi connectivity index (χ2v) is 5.48. The zero-order valence-corrected chi connectivity index (χ0v) is 13.4. The number of benzene rings is 1. The predicted octanol–water partition coefficient (Wildman–Crippen LogP) is 3.19. The van der Waals surface area contributed by atoms with E-state index in [1.807, 2.05) is 39.8 Å². The molecule has 5 nitrogen and oxygen atoms in total. The van der Waals surface area contributed by atoms with Crippen LogP contribution in [0.1, 0.15) is 30.5 Å². The molecule has 1 rings (SSSR count). The van der Waals surface area contributed by atoms with Gasteiger partial charge >= 0.3 is 12.0 Å². The first-order chi connectivity index (χ1) is 9.76. The van der Waals surface area contributed by atoms with Crippen molar-refractivity contribution in [1.29, 1.82) is 0 Å². The molecule has 0 saturated heterocycles. The van der Waals surface area contributed by atoms with Gasteiger partial charge in [0.25, 0.3) is 0 Å². The summed E-state index contributed by atoms with van der Waals surface area (Å²) in [6.45, 7) is 10.0. The summed E-state index contributed by atoms with van der Waals surface area (Å²) >= 11 is 0. The minimum atomic E-state index is -0.899. The van der Waals surface area contributed by atoms with Crippen LogP contribution in [-0.4, -0.2) is 35.1 Å². The average Bonchev–Trinajstić information content (AvgIpc) is 2.39. The van der Waals surface area contributed by atoms with Crippen LogP contribution in [-0.2, 0) is 4.79 Å². The number of amides is 2. The van der Waals surface area contributed by atoms with Crippen molar-refractivity contribution in [3.05, 3.63) is 28.8 Å². The summed E-state index contributed by atoms with van der Waals surface area (Å²) < 4.78 is 0. The number of nitrogens with one attached hydrogen (secondary N) is 1. The fraction of sp³-hybridized carbons (Fsp3) is 0.500. The topological polar surface area (TPSA) is 69.6 Å². The molecule has 116 valence electrons. The molecule has 1 atom stereocenters. The van der Waals surface area contributed by atoms with Gasteiger partial charge in [0.2, 0.25) is 0 Å². The highest BCUT2D eigenvalue weighted by atomic mass is 16.4. The van der Waals surface area contributed by atoms with Gasteiger partial charge in [-0.1, -0.05) is 24.6 Å². The van der Waals surface area contributed by atoms with Crippen LogP contribution < -0.4 is 5.32 Å². The van der Waals surface area contributed by atoms with Crippen molar-refractivity contribution in [3.63, 3.8) is 0 Å². The lowest BCUT2D eigenvalue weighted by Crippen LogP contribution is -2.39. The van der Waals surface area contributed by atoms with Gasteiger partial charge in [0.05, 0.1) is 5.92 Å². The third kappa shape index (κ3) is 4.48. The second-order valence-electron chi connectivity index (χ2n) is 5.48. The lowest BCUT2D eigenvalue weighted by Gasteiger charge is -2.24. The fourth-order valence-corrected chi connectivity index (χ4v) is 2.33. The monoisotopic (exact) mass is 292 g/mol. The lowest BCUT2D eigenvalue weighted by molar-refractivity contribution is -0.141. The Morgan fingerprint density at radius 1 is 1.24 bits per heavy atom. The van der Waals surface area contributed by atoms with E-state index < -0.39 is 11.9 Å². The van der Waals surface area contributed by atoms with E-state index in [9.17, 15) is 9.59 Å². The molecule has 0 aliphatic rings. The second kappa shape index (κ2) is 7.11. The number of carboxylic acids is 1. The van der Waals surface area contributed by atoms with Gasteiger partial charge in [-0.15, -0.1) is 0 Å². The van der Waals surface area contributed by atoms with Crippen molar-refractivity contribution in [2.45, 2.75) is 34.6 Å². The first kappa shape index (κ1) is 17.0. The van der Waals surface area contributed by atoms with Crippen LogP contribution in [0.4, 0.5) is 10.5 Å². The number of aryl methyl sites for hydroxylation is 3. The van der Waals surface area contributed by atoms with Crippen LogP contribution in [0.3, 0.4) is 0 Å². The molecule has 21 heavy (non-hydrogen) atoms. The van der Waals surface area contributed by atoms with Crippen LogP contribution in [0.25, 0.3) is 0 Å². The maximum Gasteiger partial charge on any atom is 0.321 e. The van der Waals surface area contributed by atoms with E-state index >= 15 is 0 Å².